The van der Waals surface area contributed by atoms with Crippen LogP contribution < -0.4 is 0 Å². The summed E-state index contributed by atoms with van der Waals surface area (Å²) < 4.78 is 1.98. The normalized spacial score (nSPS) is 10.4. The number of carbonyl (C=O) groups is 1. The number of rotatable bonds is 3. The Balaban J connectivity index is 2.39. The van der Waals surface area contributed by atoms with Gasteiger partial charge in [0.2, 0.25) is 0 Å². The molecule has 0 bridgehead atoms. The molecule has 1 aromatic heterocycles. The number of hydrogen-bond acceptors (Lipinski definition) is 3. The molecule has 0 fully saturated rings. The Morgan fingerprint density at radius 2 is 2.29 bits per heavy atom. The Bertz CT molecular complexity index is 619. The predicted molar refractivity (Wildman–Crippen MR) is 64.6 cm³/mol. The molecule has 0 amide bonds. The van der Waals surface area contributed by atoms with Gasteiger partial charge in [0.15, 0.2) is 5.78 Å². The molecule has 0 radical (unpaired) electrons. The van der Waals surface area contributed by atoms with Crippen molar-refractivity contribution in [1.29, 1.82) is 5.26 Å². The zero-order valence-corrected chi connectivity index (χ0v) is 9.90. The van der Waals surface area contributed by atoms with Crippen LogP contribution in [-0.2, 0) is 7.05 Å². The van der Waals surface area contributed by atoms with Gasteiger partial charge in [-0.3, -0.25) is 4.79 Å². The number of aryl methyl sites for hydroxylation is 2. The third-order valence-corrected chi connectivity index (χ3v) is 2.89. The van der Waals surface area contributed by atoms with Gasteiger partial charge in [-0.1, -0.05) is 0 Å². The van der Waals surface area contributed by atoms with Crippen LogP contribution in [0.2, 0.25) is 0 Å². The van der Waals surface area contributed by atoms with Crippen LogP contribution in [0.5, 0.6) is 0 Å². The van der Waals surface area contributed by atoms with Crippen LogP contribution >= 0.6 is 0 Å². The molecule has 4 heteroatoms. The van der Waals surface area contributed by atoms with Crippen LogP contribution in [0, 0.1) is 18.3 Å². The number of nitrogens with zero attached hydrogens (tertiary/aromatic N) is 3. The van der Waals surface area contributed by atoms with Crippen LogP contribution in [0.3, 0.4) is 0 Å². The van der Waals surface area contributed by atoms with E-state index in [0.29, 0.717) is 5.56 Å². The van der Waals surface area contributed by atoms with Gasteiger partial charge in [0.1, 0.15) is 5.82 Å². The van der Waals surface area contributed by atoms with Crippen molar-refractivity contribution in [2.24, 2.45) is 7.05 Å². The molecule has 0 N–H and O–H groups in total. The quantitative estimate of drug-likeness (QED) is 0.756. The van der Waals surface area contributed by atoms with Gasteiger partial charge in [-0.15, -0.1) is 0 Å². The first-order valence-corrected chi connectivity index (χ1v) is 5.46. The maximum absolute atomic E-state index is 11.8. The monoisotopic (exact) mass is 227 g/mol. The molecular formula is C13H13N3O. The number of nitriles is 1. The molecule has 0 atom stereocenters. The lowest BCUT2D eigenvalue weighted by Gasteiger charge is -1.99. The maximum atomic E-state index is 11.8. The van der Waals surface area contributed by atoms with E-state index in [1.165, 1.54) is 0 Å². The van der Waals surface area contributed by atoms with E-state index in [0.717, 1.165) is 16.9 Å². The molecular weight excluding hydrogens is 214 g/mol. The van der Waals surface area contributed by atoms with Gasteiger partial charge in [0.25, 0.3) is 0 Å². The maximum Gasteiger partial charge on any atom is 0.163 e. The summed E-state index contributed by atoms with van der Waals surface area (Å²) in [6.45, 7) is 1.93. The highest BCUT2D eigenvalue weighted by molar-refractivity contribution is 5.99. The van der Waals surface area contributed by atoms with Crippen LogP contribution in [0.15, 0.2) is 18.2 Å². The Labute approximate surface area is 99.5 Å². The zero-order valence-electron chi connectivity index (χ0n) is 9.90. The van der Waals surface area contributed by atoms with Crippen LogP contribution in [0.4, 0.5) is 0 Å². The molecule has 0 saturated heterocycles. The average molecular weight is 227 g/mol. The van der Waals surface area contributed by atoms with E-state index < -0.39 is 0 Å². The van der Waals surface area contributed by atoms with Gasteiger partial charge < -0.3 is 4.57 Å². The Hall–Kier alpha value is -2.15. The van der Waals surface area contributed by atoms with Crippen molar-refractivity contribution >= 4 is 16.8 Å². The fraction of sp³-hybridized carbons (Fsp3) is 0.308. The molecule has 0 spiro atoms. The summed E-state index contributed by atoms with van der Waals surface area (Å²) in [5.74, 6) is 0.915. The minimum Gasteiger partial charge on any atom is -0.331 e. The predicted octanol–water partition coefficient (Wildman–Crippen LogP) is 2.37. The topological polar surface area (TPSA) is 58.7 Å². The second kappa shape index (κ2) is 4.38. The van der Waals surface area contributed by atoms with Crippen LogP contribution in [-0.4, -0.2) is 15.3 Å². The fourth-order valence-electron chi connectivity index (χ4n) is 1.81. The number of aromatic nitrogens is 2. The van der Waals surface area contributed by atoms with Crippen molar-refractivity contribution in [3.8, 4) is 6.07 Å². The number of ketones is 1. The first-order valence-electron chi connectivity index (χ1n) is 5.46. The summed E-state index contributed by atoms with van der Waals surface area (Å²) in [5, 5.41) is 8.46. The summed E-state index contributed by atoms with van der Waals surface area (Å²) >= 11 is 0. The highest BCUT2D eigenvalue weighted by Gasteiger charge is 2.09. The van der Waals surface area contributed by atoms with E-state index >= 15 is 0 Å². The number of Topliss-reactive ketones (excluding diaryl/α,β-unsaturated/α-hetero) is 1. The Morgan fingerprint density at radius 3 is 3.00 bits per heavy atom. The molecule has 1 aromatic carbocycles. The van der Waals surface area contributed by atoms with E-state index in [2.05, 4.69) is 4.98 Å². The second-order valence-electron chi connectivity index (χ2n) is 4.00. The third-order valence-electron chi connectivity index (χ3n) is 2.89. The van der Waals surface area contributed by atoms with Gasteiger partial charge in [-0.05, 0) is 25.1 Å². The molecule has 0 aliphatic rings. The van der Waals surface area contributed by atoms with E-state index in [9.17, 15) is 4.79 Å². The Kier molecular flexibility index (Phi) is 2.92. The number of fused-ring (bicyclic) bond motifs is 1. The molecule has 4 nitrogen and oxygen atoms in total. The van der Waals surface area contributed by atoms with Crippen molar-refractivity contribution < 1.29 is 4.79 Å². The van der Waals surface area contributed by atoms with E-state index in [1.54, 1.807) is 12.1 Å². The molecule has 86 valence electrons. The van der Waals surface area contributed by atoms with Crippen molar-refractivity contribution in [3.63, 3.8) is 0 Å². The average Bonchev–Trinajstić information content (AvgIpc) is 2.61. The first kappa shape index (κ1) is 11.3. The largest absolute Gasteiger partial charge is 0.331 e. The van der Waals surface area contributed by atoms with Crippen molar-refractivity contribution in [2.75, 3.05) is 0 Å². The molecule has 17 heavy (non-hydrogen) atoms. The minimum atomic E-state index is -0.00300. The SMILES string of the molecule is Cc1nc2cc(C(=O)CCC#N)ccc2n1C. The van der Waals surface area contributed by atoms with Gasteiger partial charge in [0, 0.05) is 25.5 Å². The number of imidazole rings is 1. The van der Waals surface area contributed by atoms with Gasteiger partial charge in [-0.25, -0.2) is 4.98 Å². The summed E-state index contributed by atoms with van der Waals surface area (Å²) in [7, 11) is 1.95. The second-order valence-corrected chi connectivity index (χ2v) is 4.00. The summed E-state index contributed by atoms with van der Waals surface area (Å²) in [6, 6.07) is 7.46. The Morgan fingerprint density at radius 1 is 1.53 bits per heavy atom. The minimum absolute atomic E-state index is 0.00300. The lowest BCUT2D eigenvalue weighted by atomic mass is 10.1. The summed E-state index contributed by atoms with van der Waals surface area (Å²) in [5.41, 5.74) is 2.47. The third kappa shape index (κ3) is 2.04. The van der Waals surface area contributed by atoms with Gasteiger partial charge in [-0.2, -0.15) is 5.26 Å². The van der Waals surface area contributed by atoms with E-state index in [1.807, 2.05) is 30.7 Å². The molecule has 1 heterocycles. The highest BCUT2D eigenvalue weighted by Crippen LogP contribution is 2.17. The standard InChI is InChI=1S/C13H13N3O/c1-9-15-11-8-10(13(17)4-3-7-14)5-6-12(11)16(9)2/h5-6,8H,3-4H2,1-2H3. The lowest BCUT2D eigenvalue weighted by molar-refractivity contribution is 0.0984. The molecule has 0 aliphatic carbocycles. The zero-order chi connectivity index (χ0) is 12.4. The fourth-order valence-corrected chi connectivity index (χ4v) is 1.81. The smallest absolute Gasteiger partial charge is 0.163 e. The van der Waals surface area contributed by atoms with Crippen LogP contribution in [0.1, 0.15) is 29.0 Å². The molecule has 0 saturated carbocycles. The number of hydrogen-bond donors (Lipinski definition) is 0. The van der Waals surface area contributed by atoms with Crippen molar-refractivity contribution in [3.05, 3.63) is 29.6 Å². The van der Waals surface area contributed by atoms with Crippen LogP contribution in [0.25, 0.3) is 11.0 Å². The summed E-state index contributed by atoms with van der Waals surface area (Å²) in [6.07, 6.45) is 0.534. The van der Waals surface area contributed by atoms with E-state index in [-0.39, 0.29) is 18.6 Å². The van der Waals surface area contributed by atoms with E-state index in [4.69, 9.17) is 5.26 Å². The first-order chi connectivity index (χ1) is 8.13. The van der Waals surface area contributed by atoms with Gasteiger partial charge in [0.05, 0.1) is 17.1 Å². The number of benzene rings is 1. The lowest BCUT2D eigenvalue weighted by Crippen LogP contribution is -1.98. The molecule has 0 aliphatic heterocycles. The summed E-state index contributed by atoms with van der Waals surface area (Å²) in [4.78, 5) is 16.1. The highest BCUT2D eigenvalue weighted by atomic mass is 16.1. The molecule has 2 rings (SSSR count). The van der Waals surface area contributed by atoms with Crippen molar-refractivity contribution in [2.45, 2.75) is 19.8 Å². The van der Waals surface area contributed by atoms with Crippen molar-refractivity contribution in [1.82, 2.24) is 9.55 Å². The van der Waals surface area contributed by atoms with Gasteiger partial charge >= 0.3 is 0 Å². The molecule has 2 aromatic rings. The molecule has 0 unspecified atom stereocenters. The number of carbonyl (C=O) groups excluding carboxylic acids is 1.